The molecule has 0 aliphatic carbocycles. The quantitative estimate of drug-likeness (QED) is 0.468. The molecule has 0 spiro atoms. The molecule has 0 heterocycles. The van der Waals surface area contributed by atoms with Gasteiger partial charge in [-0.3, -0.25) is 0 Å². The molecule has 0 aliphatic rings. The highest BCUT2D eigenvalue weighted by Crippen LogP contribution is 2.12. The van der Waals surface area contributed by atoms with Gasteiger partial charge in [-0.15, -0.1) is 0 Å². The second kappa shape index (κ2) is 7.39. The number of ether oxygens (including phenoxy) is 4. The summed E-state index contributed by atoms with van der Waals surface area (Å²) in [5, 5.41) is 0. The van der Waals surface area contributed by atoms with Crippen molar-refractivity contribution in [3.8, 4) is 0 Å². The molecule has 0 aromatic rings. The molecule has 5 heteroatoms. The molecule has 1 radical (unpaired) electrons. The minimum absolute atomic E-state index is 0.0270. The third kappa shape index (κ3) is 4.92. The van der Waals surface area contributed by atoms with Crippen molar-refractivity contribution in [2.24, 2.45) is 0 Å². The molecule has 0 aromatic carbocycles. The summed E-state index contributed by atoms with van der Waals surface area (Å²) in [6.07, 6.45) is -0.282. The zero-order chi connectivity index (χ0) is 11.8. The molecule has 0 rings (SSSR count). The lowest BCUT2D eigenvalue weighted by atomic mass is 10.3. The molecule has 0 saturated carbocycles. The fraction of sp³-hybridized carbons (Fsp3) is 0.600. The van der Waals surface area contributed by atoms with Crippen LogP contribution in [0.1, 0.15) is 6.92 Å². The first kappa shape index (κ1) is 14.1. The van der Waals surface area contributed by atoms with E-state index in [9.17, 15) is 4.79 Å². The number of esters is 1. The largest absolute Gasteiger partial charge is 0.459 e. The van der Waals surface area contributed by atoms with E-state index in [1.54, 1.807) is 6.92 Å². The van der Waals surface area contributed by atoms with Crippen LogP contribution in [-0.4, -0.2) is 40.0 Å². The lowest BCUT2D eigenvalue weighted by Crippen LogP contribution is -2.30. The molecule has 0 amide bonds. The number of rotatable bonds is 7. The lowest BCUT2D eigenvalue weighted by Gasteiger charge is -2.21. The minimum atomic E-state index is -0.539. The van der Waals surface area contributed by atoms with E-state index < -0.39 is 12.1 Å². The summed E-state index contributed by atoms with van der Waals surface area (Å²) in [6.45, 7) is 5.06. The lowest BCUT2D eigenvalue weighted by molar-refractivity contribution is -0.149. The van der Waals surface area contributed by atoms with Crippen molar-refractivity contribution in [3.63, 3.8) is 0 Å². The van der Waals surface area contributed by atoms with Gasteiger partial charge in [0.2, 0.25) is 0 Å². The van der Waals surface area contributed by atoms with Crippen LogP contribution in [-0.2, 0) is 23.7 Å². The second-order valence-corrected chi connectivity index (χ2v) is 2.83. The Kier molecular flexibility index (Phi) is 6.94. The fourth-order valence-electron chi connectivity index (χ4n) is 0.853. The molecule has 0 aromatic heterocycles. The van der Waals surface area contributed by atoms with Crippen LogP contribution in [0.5, 0.6) is 0 Å². The summed E-state index contributed by atoms with van der Waals surface area (Å²) in [7, 11) is 4.37. The SMILES string of the molecule is C=C(C)C(=O)OCC(OC)[C](OC)OC. The topological polar surface area (TPSA) is 54.0 Å². The summed E-state index contributed by atoms with van der Waals surface area (Å²) in [4.78, 5) is 11.1. The van der Waals surface area contributed by atoms with Crippen LogP contribution in [0.15, 0.2) is 12.2 Å². The van der Waals surface area contributed by atoms with Crippen LogP contribution < -0.4 is 0 Å². The fourth-order valence-corrected chi connectivity index (χ4v) is 0.853. The molecule has 15 heavy (non-hydrogen) atoms. The Morgan fingerprint density at radius 1 is 1.27 bits per heavy atom. The van der Waals surface area contributed by atoms with Crippen molar-refractivity contribution in [1.82, 2.24) is 0 Å². The molecule has 0 fully saturated rings. The summed E-state index contributed by atoms with van der Waals surface area (Å²) in [5.74, 6) is -0.469. The molecule has 1 atom stereocenters. The summed E-state index contributed by atoms with van der Waals surface area (Å²) >= 11 is 0. The molecule has 0 N–H and O–H groups in total. The first-order chi connectivity index (χ1) is 7.06. The van der Waals surface area contributed by atoms with E-state index in [-0.39, 0.29) is 12.9 Å². The van der Waals surface area contributed by atoms with Crippen LogP contribution in [0.25, 0.3) is 0 Å². The highest BCUT2D eigenvalue weighted by molar-refractivity contribution is 5.86. The van der Waals surface area contributed by atoms with Gasteiger partial charge in [0.15, 0.2) is 6.10 Å². The van der Waals surface area contributed by atoms with Gasteiger partial charge in [0, 0.05) is 26.9 Å². The maximum atomic E-state index is 11.1. The summed E-state index contributed by atoms with van der Waals surface area (Å²) < 4.78 is 19.7. The van der Waals surface area contributed by atoms with Crippen molar-refractivity contribution in [2.45, 2.75) is 13.0 Å². The number of carbonyl (C=O) groups excluding carboxylic acids is 1. The van der Waals surface area contributed by atoms with E-state index in [4.69, 9.17) is 18.9 Å². The van der Waals surface area contributed by atoms with Crippen molar-refractivity contribution in [1.29, 1.82) is 0 Å². The van der Waals surface area contributed by atoms with E-state index in [1.165, 1.54) is 21.3 Å². The predicted molar refractivity (Wildman–Crippen MR) is 53.8 cm³/mol. The Labute approximate surface area is 89.9 Å². The number of methoxy groups -OCH3 is 3. The normalized spacial score (nSPS) is 12.6. The van der Waals surface area contributed by atoms with Crippen LogP contribution in [0.4, 0.5) is 0 Å². The minimum Gasteiger partial charge on any atom is -0.459 e. The first-order valence-electron chi connectivity index (χ1n) is 4.37. The highest BCUT2D eigenvalue weighted by atomic mass is 16.7. The first-order valence-corrected chi connectivity index (χ1v) is 4.37. The number of hydrogen-bond acceptors (Lipinski definition) is 5. The average molecular weight is 217 g/mol. The summed E-state index contributed by atoms with van der Waals surface area (Å²) in [5.41, 5.74) is 0.334. The van der Waals surface area contributed by atoms with Gasteiger partial charge >= 0.3 is 5.97 Å². The second-order valence-electron chi connectivity index (χ2n) is 2.83. The van der Waals surface area contributed by atoms with Crippen LogP contribution in [0, 0.1) is 6.29 Å². The number of carbonyl (C=O) groups is 1. The van der Waals surface area contributed by atoms with Crippen molar-refractivity contribution in [2.75, 3.05) is 27.9 Å². The van der Waals surface area contributed by atoms with E-state index in [0.717, 1.165) is 0 Å². The molecule has 5 nitrogen and oxygen atoms in total. The van der Waals surface area contributed by atoms with Gasteiger partial charge in [-0.1, -0.05) is 6.58 Å². The third-order valence-corrected chi connectivity index (χ3v) is 1.66. The van der Waals surface area contributed by atoms with E-state index in [1.807, 2.05) is 0 Å². The Morgan fingerprint density at radius 3 is 2.13 bits per heavy atom. The van der Waals surface area contributed by atoms with Crippen molar-refractivity contribution >= 4 is 5.97 Å². The number of hydrogen-bond donors (Lipinski definition) is 0. The van der Waals surface area contributed by atoms with Gasteiger partial charge in [0.1, 0.15) is 6.61 Å². The van der Waals surface area contributed by atoms with Gasteiger partial charge in [-0.05, 0) is 6.92 Å². The zero-order valence-corrected chi connectivity index (χ0v) is 9.53. The molecule has 0 bridgehead atoms. The maximum absolute atomic E-state index is 11.1. The Morgan fingerprint density at radius 2 is 1.80 bits per heavy atom. The highest BCUT2D eigenvalue weighted by Gasteiger charge is 2.24. The van der Waals surface area contributed by atoms with Gasteiger partial charge < -0.3 is 18.9 Å². The standard InChI is InChI=1S/C10H17O5/c1-7(2)9(11)15-6-8(12-3)10(13-4)14-5/h8H,1,6H2,2-5H3. The van der Waals surface area contributed by atoms with Crippen LogP contribution in [0.2, 0.25) is 0 Å². The van der Waals surface area contributed by atoms with E-state index in [0.29, 0.717) is 5.57 Å². The molecule has 0 saturated heterocycles. The Hall–Kier alpha value is -0.910. The summed E-state index contributed by atoms with van der Waals surface area (Å²) in [6, 6.07) is 0. The molecular formula is C10H17O5. The Balaban J connectivity index is 4.10. The van der Waals surface area contributed by atoms with Crippen LogP contribution in [0.3, 0.4) is 0 Å². The van der Waals surface area contributed by atoms with Crippen LogP contribution >= 0.6 is 0 Å². The average Bonchev–Trinajstić information content (AvgIpc) is 2.23. The van der Waals surface area contributed by atoms with Gasteiger partial charge in [0.05, 0.1) is 0 Å². The maximum Gasteiger partial charge on any atom is 0.333 e. The molecule has 87 valence electrons. The van der Waals surface area contributed by atoms with Gasteiger partial charge in [-0.25, -0.2) is 4.79 Å². The van der Waals surface area contributed by atoms with E-state index >= 15 is 0 Å². The van der Waals surface area contributed by atoms with Gasteiger partial charge in [-0.2, -0.15) is 0 Å². The predicted octanol–water partition coefficient (Wildman–Crippen LogP) is 0.903. The molecular weight excluding hydrogens is 200 g/mol. The Bertz CT molecular complexity index is 210. The van der Waals surface area contributed by atoms with Gasteiger partial charge in [0.25, 0.3) is 6.29 Å². The smallest absolute Gasteiger partial charge is 0.333 e. The monoisotopic (exact) mass is 217 g/mol. The van der Waals surface area contributed by atoms with Crippen molar-refractivity contribution in [3.05, 3.63) is 18.4 Å². The molecule has 0 aliphatic heterocycles. The third-order valence-electron chi connectivity index (χ3n) is 1.66. The molecule has 1 unspecified atom stereocenters. The zero-order valence-electron chi connectivity index (χ0n) is 9.53. The van der Waals surface area contributed by atoms with E-state index in [2.05, 4.69) is 6.58 Å². The van der Waals surface area contributed by atoms with Crippen molar-refractivity contribution < 1.29 is 23.7 Å².